The van der Waals surface area contributed by atoms with Gasteiger partial charge in [-0.25, -0.2) is 14.2 Å². The minimum atomic E-state index is -0.874. The second-order valence-corrected chi connectivity index (χ2v) is 10.5. The molecule has 1 atom stereocenters. The second-order valence-electron chi connectivity index (χ2n) is 9.44. The van der Waals surface area contributed by atoms with Gasteiger partial charge in [0.15, 0.2) is 16.3 Å². The van der Waals surface area contributed by atoms with Gasteiger partial charge in [0.1, 0.15) is 12.4 Å². The molecule has 0 bridgehead atoms. The number of nitrogens with zero attached hydrogens (tertiary/aromatic N) is 3. The first kappa shape index (κ1) is 29.4. The highest BCUT2D eigenvalue weighted by Gasteiger charge is 2.33. The Bertz CT molecular complexity index is 1910. The highest BCUT2D eigenvalue weighted by Crippen LogP contribution is 2.33. The summed E-state index contributed by atoms with van der Waals surface area (Å²) in [6.45, 7) is 3.58. The van der Waals surface area contributed by atoms with Gasteiger partial charge in [0.05, 0.1) is 40.5 Å². The van der Waals surface area contributed by atoms with Crippen molar-refractivity contribution in [2.75, 3.05) is 13.7 Å². The van der Waals surface area contributed by atoms with E-state index in [4.69, 9.17) is 14.2 Å². The van der Waals surface area contributed by atoms with Gasteiger partial charge in [0.25, 0.3) is 11.2 Å². The van der Waals surface area contributed by atoms with E-state index in [1.54, 1.807) is 50.3 Å². The van der Waals surface area contributed by atoms with Crippen LogP contribution in [0.15, 0.2) is 87.8 Å². The fraction of sp³-hybridized carbons (Fsp3) is 0.194. The van der Waals surface area contributed by atoms with Crippen molar-refractivity contribution < 1.29 is 28.3 Å². The predicted octanol–water partition coefficient (Wildman–Crippen LogP) is 4.43. The van der Waals surface area contributed by atoms with E-state index in [1.165, 1.54) is 48.1 Å². The Balaban J connectivity index is 1.60. The van der Waals surface area contributed by atoms with Crippen LogP contribution in [-0.2, 0) is 16.1 Å². The highest BCUT2D eigenvalue weighted by atomic mass is 32.1. The molecule has 43 heavy (non-hydrogen) atoms. The van der Waals surface area contributed by atoms with Gasteiger partial charge in [-0.1, -0.05) is 35.6 Å². The average molecular weight is 604 g/mol. The Hall–Kier alpha value is -5.10. The zero-order valence-corrected chi connectivity index (χ0v) is 24.2. The molecule has 12 heteroatoms. The number of benzene rings is 3. The number of aromatic nitrogens is 1. The molecule has 0 N–H and O–H groups in total. The van der Waals surface area contributed by atoms with Crippen LogP contribution in [-0.4, -0.2) is 29.2 Å². The number of halogens is 1. The Morgan fingerprint density at radius 1 is 1.14 bits per heavy atom. The fourth-order valence-corrected chi connectivity index (χ4v) is 5.76. The van der Waals surface area contributed by atoms with Crippen LogP contribution in [0.1, 0.15) is 36.6 Å². The lowest BCUT2D eigenvalue weighted by Gasteiger charge is -2.24. The van der Waals surface area contributed by atoms with Crippen LogP contribution < -0.4 is 24.4 Å². The highest BCUT2D eigenvalue weighted by molar-refractivity contribution is 7.07. The summed E-state index contributed by atoms with van der Waals surface area (Å²) < 4.78 is 32.4. The molecule has 1 aliphatic heterocycles. The molecule has 1 aromatic heterocycles. The fourth-order valence-electron chi connectivity index (χ4n) is 4.72. The zero-order chi connectivity index (χ0) is 30.7. The van der Waals surface area contributed by atoms with Gasteiger partial charge >= 0.3 is 5.97 Å². The van der Waals surface area contributed by atoms with E-state index in [1.807, 2.05) is 0 Å². The number of nitro groups is 1. The van der Waals surface area contributed by atoms with Crippen molar-refractivity contribution in [3.8, 4) is 11.5 Å². The number of hydrogen-bond donors (Lipinski definition) is 0. The quantitative estimate of drug-likeness (QED) is 0.158. The third-order valence-corrected chi connectivity index (χ3v) is 7.73. The standard InChI is InChI=1S/C31H26FN3O7S/c1-4-41-30(37)26-18(2)33-31-34(27(26)20-10-12-22(32)13-11-20)29(36)25(43-31)16-21-6-5-7-24(40-3)28(21)42-17-19-8-14-23(15-9-19)35(38)39/h5-16,27H,4,17H2,1-3H3/b25-16-/t27-/m1/s1. The van der Waals surface area contributed by atoms with Crippen LogP contribution in [0.2, 0.25) is 0 Å². The molecule has 0 saturated heterocycles. The number of hydrogen-bond acceptors (Lipinski definition) is 9. The SMILES string of the molecule is CCOC(=O)C1=C(C)N=c2s/c(=C\c3cccc(OC)c3OCc3ccc([N+](=O)[O-])cc3)c(=O)n2[C@@H]1c1ccc(F)cc1. The third-order valence-electron chi connectivity index (χ3n) is 6.75. The number of fused-ring (bicyclic) bond motifs is 1. The zero-order valence-electron chi connectivity index (χ0n) is 23.4. The minimum absolute atomic E-state index is 0.0302. The van der Waals surface area contributed by atoms with E-state index in [-0.39, 0.29) is 24.5 Å². The van der Waals surface area contributed by atoms with Crippen LogP contribution in [0.4, 0.5) is 10.1 Å². The maximum Gasteiger partial charge on any atom is 0.338 e. The Morgan fingerprint density at radius 2 is 1.86 bits per heavy atom. The summed E-state index contributed by atoms with van der Waals surface area (Å²) in [4.78, 5) is 42.4. The molecule has 3 aromatic carbocycles. The number of esters is 1. The van der Waals surface area contributed by atoms with Crippen molar-refractivity contribution >= 4 is 29.1 Å². The van der Waals surface area contributed by atoms with Crippen LogP contribution in [0.5, 0.6) is 11.5 Å². The van der Waals surface area contributed by atoms with E-state index in [2.05, 4.69) is 4.99 Å². The van der Waals surface area contributed by atoms with Crippen molar-refractivity contribution in [1.82, 2.24) is 4.57 Å². The van der Waals surface area contributed by atoms with Crippen molar-refractivity contribution in [1.29, 1.82) is 0 Å². The molecule has 4 aromatic rings. The Kier molecular flexibility index (Phi) is 8.48. The number of carbonyl (C=O) groups excluding carboxylic acids is 1. The molecule has 1 aliphatic rings. The lowest BCUT2D eigenvalue weighted by Crippen LogP contribution is -2.39. The lowest BCUT2D eigenvalue weighted by molar-refractivity contribution is -0.384. The van der Waals surface area contributed by atoms with Crippen molar-refractivity contribution in [3.05, 3.63) is 130 Å². The molecule has 0 spiro atoms. The molecule has 0 aliphatic carbocycles. The molecular weight excluding hydrogens is 577 g/mol. The van der Waals surface area contributed by atoms with Crippen molar-refractivity contribution in [3.63, 3.8) is 0 Å². The van der Waals surface area contributed by atoms with Crippen LogP contribution >= 0.6 is 11.3 Å². The number of non-ortho nitro benzene ring substituents is 1. The average Bonchev–Trinajstić information content (AvgIpc) is 3.30. The van der Waals surface area contributed by atoms with Gasteiger partial charge in [-0.2, -0.15) is 0 Å². The molecule has 5 rings (SSSR count). The third kappa shape index (κ3) is 5.95. The molecule has 0 saturated carbocycles. The van der Waals surface area contributed by atoms with Crippen molar-refractivity contribution in [2.24, 2.45) is 4.99 Å². The number of nitro benzene ring substituents is 1. The second kappa shape index (κ2) is 12.4. The molecule has 0 radical (unpaired) electrons. The summed E-state index contributed by atoms with van der Waals surface area (Å²) in [5.41, 5.74) is 1.93. The number of allylic oxidation sites excluding steroid dienone is 1. The summed E-state index contributed by atoms with van der Waals surface area (Å²) in [7, 11) is 1.49. The first-order valence-electron chi connectivity index (χ1n) is 13.2. The predicted molar refractivity (Wildman–Crippen MR) is 157 cm³/mol. The molecule has 2 heterocycles. The molecule has 0 fully saturated rings. The van der Waals surface area contributed by atoms with Crippen LogP contribution in [0, 0.1) is 15.9 Å². The van der Waals surface area contributed by atoms with E-state index < -0.39 is 28.3 Å². The van der Waals surface area contributed by atoms with E-state index in [0.29, 0.717) is 43.2 Å². The molecule has 220 valence electrons. The Labute approximate surface area is 248 Å². The summed E-state index contributed by atoms with van der Waals surface area (Å²) in [6, 6.07) is 16.0. The van der Waals surface area contributed by atoms with E-state index in [0.717, 1.165) is 11.3 Å². The van der Waals surface area contributed by atoms with E-state index >= 15 is 0 Å². The number of para-hydroxylation sites is 1. The molecule has 0 amide bonds. The number of carbonyl (C=O) groups is 1. The van der Waals surface area contributed by atoms with Crippen LogP contribution in [0.25, 0.3) is 6.08 Å². The largest absolute Gasteiger partial charge is 0.493 e. The van der Waals surface area contributed by atoms with Crippen molar-refractivity contribution in [2.45, 2.75) is 26.5 Å². The first-order chi connectivity index (χ1) is 20.7. The first-order valence-corrected chi connectivity index (χ1v) is 14.0. The topological polar surface area (TPSA) is 122 Å². The van der Waals surface area contributed by atoms with Gasteiger partial charge in [0.2, 0.25) is 0 Å². The maximum atomic E-state index is 13.9. The summed E-state index contributed by atoms with van der Waals surface area (Å²) >= 11 is 1.14. The smallest absolute Gasteiger partial charge is 0.338 e. The normalized spacial score (nSPS) is 14.6. The Morgan fingerprint density at radius 3 is 2.51 bits per heavy atom. The summed E-state index contributed by atoms with van der Waals surface area (Å²) in [5.74, 6) is -0.267. The summed E-state index contributed by atoms with van der Waals surface area (Å²) in [6.07, 6.45) is 1.66. The monoisotopic (exact) mass is 603 g/mol. The number of ether oxygens (including phenoxy) is 3. The van der Waals surface area contributed by atoms with Gasteiger partial charge in [0, 0.05) is 17.7 Å². The van der Waals surface area contributed by atoms with Gasteiger partial charge in [-0.05, 0) is 61.4 Å². The van der Waals surface area contributed by atoms with Crippen LogP contribution in [0.3, 0.4) is 0 Å². The minimum Gasteiger partial charge on any atom is -0.493 e. The molecule has 10 nitrogen and oxygen atoms in total. The van der Waals surface area contributed by atoms with Gasteiger partial charge in [-0.15, -0.1) is 0 Å². The maximum absolute atomic E-state index is 13.9. The number of thiazole rings is 1. The van der Waals surface area contributed by atoms with E-state index in [9.17, 15) is 24.1 Å². The molecular formula is C31H26FN3O7S. The summed E-state index contributed by atoms with van der Waals surface area (Å²) in [5, 5.41) is 11.0. The number of methoxy groups -OCH3 is 1. The van der Waals surface area contributed by atoms with Gasteiger partial charge in [-0.3, -0.25) is 19.5 Å². The van der Waals surface area contributed by atoms with Gasteiger partial charge < -0.3 is 14.2 Å². The molecule has 0 unspecified atom stereocenters. The lowest BCUT2D eigenvalue weighted by atomic mass is 9.96. The number of rotatable bonds is 9.